The van der Waals surface area contributed by atoms with Gasteiger partial charge in [0.15, 0.2) is 0 Å². The van der Waals surface area contributed by atoms with E-state index in [1.165, 1.54) is 30.6 Å². The summed E-state index contributed by atoms with van der Waals surface area (Å²) >= 11 is 1.96. The number of hydrogen-bond donors (Lipinski definition) is 2. The largest absolute Gasteiger partial charge is 0.271 e. The van der Waals surface area contributed by atoms with Gasteiger partial charge in [-0.25, -0.2) is 0 Å². The Morgan fingerprint density at radius 3 is 2.81 bits per heavy atom. The van der Waals surface area contributed by atoms with E-state index >= 15 is 0 Å². The van der Waals surface area contributed by atoms with Crippen LogP contribution in [0.3, 0.4) is 0 Å². The van der Waals surface area contributed by atoms with E-state index in [4.69, 9.17) is 5.84 Å². The molecule has 1 atom stereocenters. The van der Waals surface area contributed by atoms with Crippen molar-refractivity contribution in [3.8, 4) is 0 Å². The third-order valence-corrected chi connectivity index (χ3v) is 4.69. The monoisotopic (exact) mass is 238 g/mol. The van der Waals surface area contributed by atoms with Crippen molar-refractivity contribution in [1.82, 2.24) is 5.43 Å². The maximum absolute atomic E-state index is 5.67. The van der Waals surface area contributed by atoms with Crippen molar-refractivity contribution in [3.63, 3.8) is 0 Å². The van der Waals surface area contributed by atoms with Crippen LogP contribution in [0.1, 0.15) is 54.5 Å². The Hall–Kier alpha value is -0.380. The zero-order valence-corrected chi connectivity index (χ0v) is 11.1. The maximum Gasteiger partial charge on any atom is 0.0553 e. The van der Waals surface area contributed by atoms with Crippen LogP contribution in [0.25, 0.3) is 0 Å². The number of fused-ring (bicyclic) bond motifs is 1. The Balaban J connectivity index is 2.02. The topological polar surface area (TPSA) is 38.0 Å². The highest BCUT2D eigenvalue weighted by Crippen LogP contribution is 2.35. The first-order valence-electron chi connectivity index (χ1n) is 6.28. The lowest BCUT2D eigenvalue weighted by molar-refractivity contribution is 0.453. The quantitative estimate of drug-likeness (QED) is 0.611. The number of hydrazine groups is 1. The maximum atomic E-state index is 5.67. The molecule has 1 aromatic rings. The minimum atomic E-state index is 0.359. The van der Waals surface area contributed by atoms with Gasteiger partial charge in [-0.2, -0.15) is 0 Å². The molecule has 3 heteroatoms. The van der Waals surface area contributed by atoms with E-state index in [0.717, 1.165) is 12.3 Å². The van der Waals surface area contributed by atoms with Crippen molar-refractivity contribution >= 4 is 11.3 Å². The van der Waals surface area contributed by atoms with E-state index in [9.17, 15) is 0 Å². The van der Waals surface area contributed by atoms with Gasteiger partial charge in [-0.15, -0.1) is 11.3 Å². The number of nitrogens with one attached hydrogen (secondary N) is 1. The summed E-state index contributed by atoms with van der Waals surface area (Å²) in [5.41, 5.74) is 4.55. The average molecular weight is 238 g/mol. The fourth-order valence-corrected chi connectivity index (χ4v) is 3.68. The summed E-state index contributed by atoms with van der Waals surface area (Å²) in [6.07, 6.45) is 6.27. The summed E-state index contributed by atoms with van der Waals surface area (Å²) in [5.74, 6) is 6.42. The lowest BCUT2D eigenvalue weighted by atomic mass is 10.0. The minimum absolute atomic E-state index is 0.359. The van der Waals surface area contributed by atoms with E-state index in [2.05, 4.69) is 25.3 Å². The Bertz CT molecular complexity index is 322. The summed E-state index contributed by atoms with van der Waals surface area (Å²) < 4.78 is 0. The zero-order valence-electron chi connectivity index (χ0n) is 10.3. The molecule has 1 aliphatic rings. The van der Waals surface area contributed by atoms with Crippen molar-refractivity contribution in [2.24, 2.45) is 11.8 Å². The second-order valence-corrected chi connectivity index (χ2v) is 6.31. The molecule has 16 heavy (non-hydrogen) atoms. The van der Waals surface area contributed by atoms with E-state index in [-0.39, 0.29) is 0 Å². The molecule has 1 unspecified atom stereocenters. The van der Waals surface area contributed by atoms with Crippen LogP contribution in [0.5, 0.6) is 0 Å². The minimum Gasteiger partial charge on any atom is -0.271 e. The second kappa shape index (κ2) is 5.30. The van der Waals surface area contributed by atoms with Gasteiger partial charge in [0.25, 0.3) is 0 Å². The van der Waals surface area contributed by atoms with Crippen LogP contribution in [0.2, 0.25) is 0 Å². The van der Waals surface area contributed by atoms with Gasteiger partial charge in [-0.3, -0.25) is 11.3 Å². The van der Waals surface area contributed by atoms with Crippen LogP contribution in [-0.4, -0.2) is 0 Å². The van der Waals surface area contributed by atoms with Crippen LogP contribution >= 0.6 is 11.3 Å². The number of thiophene rings is 1. The molecule has 3 N–H and O–H groups in total. The van der Waals surface area contributed by atoms with Gasteiger partial charge in [-0.1, -0.05) is 13.8 Å². The van der Waals surface area contributed by atoms with Gasteiger partial charge < -0.3 is 0 Å². The SMILES string of the molecule is CC(C)CCC(NN)c1cc2c(s1)CCC2. The van der Waals surface area contributed by atoms with Crippen molar-refractivity contribution in [3.05, 3.63) is 21.4 Å². The average Bonchev–Trinajstić information content (AvgIpc) is 2.78. The van der Waals surface area contributed by atoms with Crippen LogP contribution in [-0.2, 0) is 12.8 Å². The molecular formula is C13H22N2S. The highest BCUT2D eigenvalue weighted by molar-refractivity contribution is 7.12. The summed E-state index contributed by atoms with van der Waals surface area (Å²) in [4.78, 5) is 3.03. The van der Waals surface area contributed by atoms with E-state index in [1.54, 1.807) is 10.4 Å². The molecule has 1 aliphatic carbocycles. The Kier molecular flexibility index (Phi) is 4.00. The molecule has 0 radical (unpaired) electrons. The highest BCUT2D eigenvalue weighted by Gasteiger charge is 2.19. The van der Waals surface area contributed by atoms with Gasteiger partial charge in [-0.05, 0) is 49.7 Å². The van der Waals surface area contributed by atoms with E-state index in [1.807, 2.05) is 11.3 Å². The molecule has 1 aromatic heterocycles. The van der Waals surface area contributed by atoms with Gasteiger partial charge >= 0.3 is 0 Å². The molecule has 1 heterocycles. The predicted octanol–water partition coefficient (Wildman–Crippen LogP) is 3.18. The first-order chi connectivity index (χ1) is 7.70. The van der Waals surface area contributed by atoms with Crippen LogP contribution in [0.15, 0.2) is 6.07 Å². The number of rotatable bonds is 5. The van der Waals surface area contributed by atoms with Gasteiger partial charge in [0, 0.05) is 9.75 Å². The van der Waals surface area contributed by atoms with Gasteiger partial charge in [0.1, 0.15) is 0 Å². The van der Waals surface area contributed by atoms with Crippen LogP contribution < -0.4 is 11.3 Å². The van der Waals surface area contributed by atoms with Crippen molar-refractivity contribution in [1.29, 1.82) is 0 Å². The summed E-state index contributed by atoms with van der Waals surface area (Å²) in [5, 5.41) is 0. The Morgan fingerprint density at radius 1 is 1.38 bits per heavy atom. The predicted molar refractivity (Wildman–Crippen MR) is 70.5 cm³/mol. The fraction of sp³-hybridized carbons (Fsp3) is 0.692. The number of nitrogens with two attached hydrogens (primary N) is 1. The molecular weight excluding hydrogens is 216 g/mol. The fourth-order valence-electron chi connectivity index (χ4n) is 2.33. The standard InChI is InChI=1S/C13H22N2S/c1-9(2)6-7-11(15-14)13-8-10-4-3-5-12(10)16-13/h8-9,11,15H,3-7,14H2,1-2H3. The van der Waals surface area contributed by atoms with Gasteiger partial charge in [0.05, 0.1) is 6.04 Å². The summed E-state index contributed by atoms with van der Waals surface area (Å²) in [7, 11) is 0. The molecule has 0 spiro atoms. The molecule has 0 saturated carbocycles. The van der Waals surface area contributed by atoms with E-state index < -0.39 is 0 Å². The first-order valence-corrected chi connectivity index (χ1v) is 7.10. The molecule has 0 aliphatic heterocycles. The first kappa shape index (κ1) is 12.1. The lowest BCUT2D eigenvalue weighted by Crippen LogP contribution is -2.27. The van der Waals surface area contributed by atoms with Crippen molar-refractivity contribution in [2.75, 3.05) is 0 Å². The normalized spacial score (nSPS) is 16.8. The highest BCUT2D eigenvalue weighted by atomic mass is 32.1. The van der Waals surface area contributed by atoms with Crippen LogP contribution in [0, 0.1) is 5.92 Å². The third-order valence-electron chi connectivity index (χ3n) is 3.34. The van der Waals surface area contributed by atoms with Crippen LogP contribution in [0.4, 0.5) is 0 Å². The molecule has 0 aromatic carbocycles. The smallest absolute Gasteiger partial charge is 0.0553 e. The zero-order chi connectivity index (χ0) is 11.5. The number of aryl methyl sites for hydroxylation is 2. The van der Waals surface area contributed by atoms with Crippen molar-refractivity contribution in [2.45, 2.75) is 52.0 Å². The van der Waals surface area contributed by atoms with E-state index in [0.29, 0.717) is 6.04 Å². The molecule has 0 amide bonds. The molecule has 0 fully saturated rings. The molecule has 0 saturated heterocycles. The molecule has 2 nitrogen and oxygen atoms in total. The third kappa shape index (κ3) is 2.65. The second-order valence-electron chi connectivity index (χ2n) is 5.14. The Morgan fingerprint density at radius 2 is 2.19 bits per heavy atom. The molecule has 0 bridgehead atoms. The summed E-state index contributed by atoms with van der Waals surface area (Å²) in [6.45, 7) is 4.53. The number of hydrogen-bond acceptors (Lipinski definition) is 3. The van der Waals surface area contributed by atoms with Gasteiger partial charge in [0.2, 0.25) is 0 Å². The molecule has 2 rings (SSSR count). The lowest BCUT2D eigenvalue weighted by Gasteiger charge is -2.15. The van der Waals surface area contributed by atoms with Crippen molar-refractivity contribution < 1.29 is 0 Å². The Labute approximate surface area is 102 Å². The molecule has 90 valence electrons. The summed E-state index contributed by atoms with van der Waals surface area (Å²) in [6, 6.07) is 2.73.